The summed E-state index contributed by atoms with van der Waals surface area (Å²) in [4.78, 5) is 26.7. The van der Waals surface area contributed by atoms with E-state index >= 15 is 8.78 Å². The molecule has 2 aromatic rings. The number of hydrogen-bond donors (Lipinski definition) is 1. The van der Waals surface area contributed by atoms with E-state index in [-0.39, 0.29) is 16.8 Å². The minimum atomic E-state index is -3.13. The van der Waals surface area contributed by atoms with Crippen LogP contribution in [0.25, 0.3) is 11.1 Å². The minimum absolute atomic E-state index is 0.0159. The average molecular weight is 428 g/mol. The molecule has 31 heavy (non-hydrogen) atoms. The van der Waals surface area contributed by atoms with Crippen molar-refractivity contribution < 1.29 is 23.1 Å². The Morgan fingerprint density at radius 3 is 2.42 bits per heavy atom. The molecule has 0 saturated carbocycles. The molecule has 0 aromatic heterocycles. The van der Waals surface area contributed by atoms with Crippen LogP contribution < -0.4 is 5.32 Å². The zero-order chi connectivity index (χ0) is 22.6. The maximum absolute atomic E-state index is 15.1. The highest BCUT2D eigenvalue weighted by Gasteiger charge is 2.44. The molecule has 2 amide bonds. The van der Waals surface area contributed by atoms with E-state index in [1.54, 1.807) is 45.9 Å². The van der Waals surface area contributed by atoms with Gasteiger partial charge in [-0.05, 0) is 69.9 Å². The number of aryl methyl sites for hydroxylation is 1. The molecule has 0 radical (unpaired) electrons. The van der Waals surface area contributed by atoms with E-state index in [0.717, 1.165) is 5.56 Å². The molecule has 2 aromatic carbocycles. The number of anilines is 1. The minimum Gasteiger partial charge on any atom is -0.444 e. The molecule has 164 valence electrons. The number of rotatable bonds is 2. The van der Waals surface area contributed by atoms with Crippen molar-refractivity contribution in [3.8, 4) is 11.1 Å². The first-order valence-electron chi connectivity index (χ1n) is 10.4. The van der Waals surface area contributed by atoms with Crippen molar-refractivity contribution >= 4 is 17.7 Å². The molecular weight excluding hydrogens is 402 g/mol. The van der Waals surface area contributed by atoms with Crippen LogP contribution in [-0.2, 0) is 15.5 Å². The number of fused-ring (bicyclic) bond motifs is 3. The van der Waals surface area contributed by atoms with E-state index in [9.17, 15) is 9.59 Å². The number of carbonyl (C=O) groups is 2. The maximum atomic E-state index is 15.1. The number of likely N-dealkylation sites (tertiary alicyclic amines) is 1. The van der Waals surface area contributed by atoms with Crippen LogP contribution >= 0.6 is 0 Å². The van der Waals surface area contributed by atoms with E-state index in [4.69, 9.17) is 4.74 Å². The third-order valence-electron chi connectivity index (χ3n) is 5.61. The van der Waals surface area contributed by atoms with Crippen molar-refractivity contribution in [1.82, 2.24) is 4.90 Å². The fraction of sp³-hybridized carbons (Fsp3) is 0.417. The van der Waals surface area contributed by atoms with Crippen molar-refractivity contribution in [1.29, 1.82) is 0 Å². The Hall–Kier alpha value is -2.96. The molecule has 0 spiro atoms. The van der Waals surface area contributed by atoms with Gasteiger partial charge in [0.25, 0.3) is 5.92 Å². The Kier molecular flexibility index (Phi) is 5.03. The third-order valence-corrected chi connectivity index (χ3v) is 5.61. The zero-order valence-corrected chi connectivity index (χ0v) is 18.1. The lowest BCUT2D eigenvalue weighted by molar-refractivity contribution is -0.120. The first-order valence-corrected chi connectivity index (χ1v) is 10.4. The van der Waals surface area contributed by atoms with Crippen LogP contribution in [0.4, 0.5) is 19.3 Å². The van der Waals surface area contributed by atoms with Gasteiger partial charge in [0.1, 0.15) is 11.6 Å². The highest BCUT2D eigenvalue weighted by atomic mass is 19.3. The van der Waals surface area contributed by atoms with Crippen LogP contribution in [0.5, 0.6) is 0 Å². The van der Waals surface area contributed by atoms with Crippen molar-refractivity contribution in [3.63, 3.8) is 0 Å². The molecule has 1 atom stereocenters. The lowest BCUT2D eigenvalue weighted by Crippen LogP contribution is -2.45. The number of benzene rings is 2. The summed E-state index contributed by atoms with van der Waals surface area (Å²) in [6.07, 6.45) is 0.627. The Balaban J connectivity index is 1.55. The van der Waals surface area contributed by atoms with Gasteiger partial charge in [-0.25, -0.2) is 4.79 Å². The van der Waals surface area contributed by atoms with Crippen LogP contribution in [0.3, 0.4) is 0 Å². The summed E-state index contributed by atoms with van der Waals surface area (Å²) in [5, 5.41) is 2.72. The van der Waals surface area contributed by atoms with Gasteiger partial charge in [-0.2, -0.15) is 8.78 Å². The highest BCUT2D eigenvalue weighted by molar-refractivity contribution is 5.97. The van der Waals surface area contributed by atoms with Gasteiger partial charge in [0.05, 0.1) is 0 Å². The number of hydrogen-bond acceptors (Lipinski definition) is 3. The van der Waals surface area contributed by atoms with Crippen LogP contribution in [0, 0.1) is 6.92 Å². The predicted molar refractivity (Wildman–Crippen MR) is 114 cm³/mol. The quantitative estimate of drug-likeness (QED) is 0.692. The van der Waals surface area contributed by atoms with Crippen LogP contribution in [-0.4, -0.2) is 35.1 Å². The van der Waals surface area contributed by atoms with Gasteiger partial charge >= 0.3 is 6.09 Å². The molecule has 7 heteroatoms. The summed E-state index contributed by atoms with van der Waals surface area (Å²) in [5.74, 6) is -3.54. The standard InChI is InChI=1S/C24H26F2N2O3/c1-14-7-9-16-17-10-8-15(13-19(17)24(25,26)18(16)12-14)27-21(29)20-6-5-11-28(20)22(30)31-23(2,3)4/h7-10,12-13,20H,5-6,11H2,1-4H3,(H,27,29)/t20-/m0/s1. The van der Waals surface area contributed by atoms with Gasteiger partial charge in [-0.15, -0.1) is 0 Å². The molecule has 4 rings (SSSR count). The second kappa shape index (κ2) is 7.32. The summed E-state index contributed by atoms with van der Waals surface area (Å²) >= 11 is 0. The Morgan fingerprint density at radius 2 is 1.74 bits per heavy atom. The van der Waals surface area contributed by atoms with Gasteiger partial charge in [-0.1, -0.05) is 23.8 Å². The van der Waals surface area contributed by atoms with Gasteiger partial charge in [0.2, 0.25) is 5.91 Å². The molecule has 5 nitrogen and oxygen atoms in total. The highest BCUT2D eigenvalue weighted by Crippen LogP contribution is 2.51. The molecule has 0 unspecified atom stereocenters. The van der Waals surface area contributed by atoms with Gasteiger partial charge in [-0.3, -0.25) is 9.69 Å². The first-order chi connectivity index (χ1) is 14.5. The second-order valence-corrected chi connectivity index (χ2v) is 9.20. The Morgan fingerprint density at radius 1 is 1.10 bits per heavy atom. The molecule has 1 N–H and O–H groups in total. The smallest absolute Gasteiger partial charge is 0.410 e. The maximum Gasteiger partial charge on any atom is 0.410 e. The lowest BCUT2D eigenvalue weighted by atomic mass is 10.0. The molecule has 2 aliphatic rings. The van der Waals surface area contributed by atoms with Gasteiger partial charge in [0, 0.05) is 23.4 Å². The monoisotopic (exact) mass is 428 g/mol. The largest absolute Gasteiger partial charge is 0.444 e. The van der Waals surface area contributed by atoms with E-state index in [2.05, 4.69) is 5.32 Å². The van der Waals surface area contributed by atoms with E-state index in [0.29, 0.717) is 30.5 Å². The SMILES string of the molecule is Cc1ccc2c(c1)C(F)(F)c1cc(NC(=O)[C@@H]3CCCN3C(=O)OC(C)(C)C)ccc1-2. The van der Waals surface area contributed by atoms with Crippen molar-refractivity contribution in [3.05, 3.63) is 53.1 Å². The number of nitrogens with zero attached hydrogens (tertiary/aromatic N) is 1. The number of halogens is 2. The number of amides is 2. The molecule has 1 fully saturated rings. The summed E-state index contributed by atoms with van der Waals surface area (Å²) in [6, 6.07) is 8.89. The van der Waals surface area contributed by atoms with Crippen LogP contribution in [0.2, 0.25) is 0 Å². The van der Waals surface area contributed by atoms with Crippen LogP contribution in [0.1, 0.15) is 50.3 Å². The fourth-order valence-corrected chi connectivity index (χ4v) is 4.22. The van der Waals surface area contributed by atoms with Crippen LogP contribution in [0.15, 0.2) is 36.4 Å². The number of ether oxygens (including phenoxy) is 1. The van der Waals surface area contributed by atoms with Gasteiger partial charge < -0.3 is 10.1 Å². The summed E-state index contributed by atoms with van der Waals surface area (Å²) in [7, 11) is 0. The Labute approximate surface area is 180 Å². The molecule has 1 aliphatic carbocycles. The van der Waals surface area contributed by atoms with Crippen molar-refractivity contribution in [2.45, 2.75) is 58.1 Å². The normalized spacial score (nSPS) is 19.0. The third kappa shape index (κ3) is 3.89. The van der Waals surface area contributed by atoms with Gasteiger partial charge in [0.15, 0.2) is 0 Å². The topological polar surface area (TPSA) is 58.6 Å². The summed E-state index contributed by atoms with van der Waals surface area (Å²) in [5.41, 5.74) is 1.22. The second-order valence-electron chi connectivity index (χ2n) is 9.20. The first kappa shape index (κ1) is 21.3. The number of nitrogens with one attached hydrogen (secondary N) is 1. The Bertz CT molecular complexity index is 1060. The zero-order valence-electron chi connectivity index (χ0n) is 18.1. The number of alkyl halides is 2. The van der Waals surface area contributed by atoms with E-state index < -0.39 is 29.6 Å². The van der Waals surface area contributed by atoms with Crippen molar-refractivity contribution in [2.75, 3.05) is 11.9 Å². The fourth-order valence-electron chi connectivity index (χ4n) is 4.22. The number of carbonyl (C=O) groups excluding carboxylic acids is 2. The molecule has 1 aliphatic heterocycles. The lowest BCUT2D eigenvalue weighted by Gasteiger charge is -2.28. The average Bonchev–Trinajstić information content (AvgIpc) is 3.23. The van der Waals surface area contributed by atoms with Crippen molar-refractivity contribution in [2.24, 2.45) is 0 Å². The molecule has 1 heterocycles. The molecule has 0 bridgehead atoms. The van der Waals surface area contributed by atoms with E-state index in [1.807, 2.05) is 6.07 Å². The predicted octanol–water partition coefficient (Wildman–Crippen LogP) is 5.45. The summed E-state index contributed by atoms with van der Waals surface area (Å²) < 4.78 is 35.5. The summed E-state index contributed by atoms with van der Waals surface area (Å²) in [6.45, 7) is 7.49. The molecular formula is C24H26F2N2O3. The van der Waals surface area contributed by atoms with E-state index in [1.165, 1.54) is 17.0 Å². The molecule has 1 saturated heterocycles.